The molecule has 0 bridgehead atoms. The number of unbranched alkanes of at least 4 members (excludes halogenated alkanes) is 13. The molecule has 0 unspecified atom stereocenters. The van der Waals surface area contributed by atoms with Crippen molar-refractivity contribution in [1.29, 1.82) is 0 Å². The van der Waals surface area contributed by atoms with E-state index in [1.807, 2.05) is 0 Å². The molecule has 3 aromatic rings. The first-order valence-electron chi connectivity index (χ1n) is 12.5. The molecule has 1 N–H and O–H groups in total. The fourth-order valence-corrected chi connectivity index (χ4v) is 4.96. The first-order chi connectivity index (χ1) is 14.8. The van der Waals surface area contributed by atoms with Gasteiger partial charge in [-0.3, -0.25) is 0 Å². The van der Waals surface area contributed by atoms with E-state index in [9.17, 15) is 0 Å². The smallest absolute Gasteiger partial charge is 0.0467 e. The monoisotopic (exact) mass is 469 g/mol. The summed E-state index contributed by atoms with van der Waals surface area (Å²) in [6.45, 7) is 2.29. The number of hydrogen-bond acceptors (Lipinski definition) is 0. The molecule has 2 heteroatoms. The van der Waals surface area contributed by atoms with Crippen LogP contribution >= 0.6 is 15.9 Å². The molecule has 164 valence electrons. The van der Waals surface area contributed by atoms with E-state index >= 15 is 0 Å². The molecule has 0 fully saturated rings. The molecule has 30 heavy (non-hydrogen) atoms. The summed E-state index contributed by atoms with van der Waals surface area (Å²) < 4.78 is 1.14. The Bertz CT molecular complexity index is 879. The van der Waals surface area contributed by atoms with E-state index in [0.717, 1.165) is 4.47 Å². The maximum Gasteiger partial charge on any atom is 0.0467 e. The van der Waals surface area contributed by atoms with Crippen molar-refractivity contribution < 1.29 is 0 Å². The van der Waals surface area contributed by atoms with Crippen LogP contribution in [0, 0.1) is 0 Å². The molecular weight excluding hydrogens is 430 g/mol. The van der Waals surface area contributed by atoms with Gasteiger partial charge in [-0.2, -0.15) is 0 Å². The number of aromatic nitrogens is 1. The van der Waals surface area contributed by atoms with Gasteiger partial charge in [-0.1, -0.05) is 118 Å². The van der Waals surface area contributed by atoms with Crippen molar-refractivity contribution in [3.63, 3.8) is 0 Å². The van der Waals surface area contributed by atoms with E-state index in [0.29, 0.717) is 0 Å². The van der Waals surface area contributed by atoms with Gasteiger partial charge in [0.25, 0.3) is 0 Å². The van der Waals surface area contributed by atoms with Crippen molar-refractivity contribution in [1.82, 2.24) is 4.98 Å². The topological polar surface area (TPSA) is 15.8 Å². The van der Waals surface area contributed by atoms with Gasteiger partial charge in [0.05, 0.1) is 0 Å². The molecular formula is C28H40BrN. The number of hydrogen-bond donors (Lipinski definition) is 1. The zero-order chi connectivity index (χ0) is 21.0. The fourth-order valence-electron chi connectivity index (χ4n) is 4.60. The molecule has 1 aromatic heterocycles. The minimum atomic E-state index is 1.14. The van der Waals surface area contributed by atoms with Crippen molar-refractivity contribution >= 4 is 37.7 Å². The lowest BCUT2D eigenvalue weighted by Crippen LogP contribution is -1.87. The van der Waals surface area contributed by atoms with Crippen molar-refractivity contribution in [3.05, 3.63) is 46.4 Å². The maximum atomic E-state index is 3.59. The summed E-state index contributed by atoms with van der Waals surface area (Å²) in [6.07, 6.45) is 21.1. The quantitative estimate of drug-likeness (QED) is 0.213. The number of rotatable bonds is 15. The Balaban J connectivity index is 1.25. The van der Waals surface area contributed by atoms with Crippen LogP contribution in [0.1, 0.15) is 102 Å². The highest BCUT2D eigenvalue weighted by atomic mass is 79.9. The Morgan fingerprint density at radius 3 is 1.83 bits per heavy atom. The normalized spacial score (nSPS) is 11.7. The molecule has 0 radical (unpaired) electrons. The third-order valence-corrected chi connectivity index (χ3v) is 6.94. The molecule has 0 aliphatic heterocycles. The second-order valence-electron chi connectivity index (χ2n) is 9.04. The average Bonchev–Trinajstić information content (AvgIpc) is 3.11. The van der Waals surface area contributed by atoms with Crippen LogP contribution in [0.2, 0.25) is 0 Å². The van der Waals surface area contributed by atoms with Crippen LogP contribution in [0.25, 0.3) is 21.8 Å². The van der Waals surface area contributed by atoms with Gasteiger partial charge in [0.2, 0.25) is 0 Å². The number of H-pyrrole nitrogens is 1. The summed E-state index contributed by atoms with van der Waals surface area (Å²) in [5.41, 5.74) is 3.96. The summed E-state index contributed by atoms with van der Waals surface area (Å²) in [5.74, 6) is 0. The highest BCUT2D eigenvalue weighted by Gasteiger charge is 2.05. The van der Waals surface area contributed by atoms with Gasteiger partial charge in [0.15, 0.2) is 0 Å². The largest absolute Gasteiger partial charge is 0.355 e. The number of benzene rings is 2. The summed E-state index contributed by atoms with van der Waals surface area (Å²) in [5, 5.41) is 2.64. The SMILES string of the molecule is CCCCCCCCCCCCCCCCc1ccc2c(c1)[nH]c1ccc(Br)cc12. The summed E-state index contributed by atoms with van der Waals surface area (Å²) >= 11 is 3.59. The molecule has 0 saturated carbocycles. The van der Waals surface area contributed by atoms with Crippen LogP contribution in [0.15, 0.2) is 40.9 Å². The first kappa shape index (κ1) is 23.4. The van der Waals surface area contributed by atoms with Crippen LogP contribution in [-0.2, 0) is 6.42 Å². The van der Waals surface area contributed by atoms with Crippen molar-refractivity contribution in [2.45, 2.75) is 103 Å². The molecule has 0 atom stereocenters. The second kappa shape index (κ2) is 13.2. The van der Waals surface area contributed by atoms with Crippen molar-refractivity contribution in [3.8, 4) is 0 Å². The van der Waals surface area contributed by atoms with Crippen LogP contribution in [0.5, 0.6) is 0 Å². The molecule has 1 nitrogen and oxygen atoms in total. The molecule has 0 spiro atoms. The van der Waals surface area contributed by atoms with E-state index in [-0.39, 0.29) is 0 Å². The number of fused-ring (bicyclic) bond motifs is 3. The van der Waals surface area contributed by atoms with Gasteiger partial charge in [0, 0.05) is 26.3 Å². The molecule has 2 aromatic carbocycles. The molecule has 1 heterocycles. The Kier molecular flexibility index (Phi) is 10.3. The van der Waals surface area contributed by atoms with Crippen LogP contribution < -0.4 is 0 Å². The average molecular weight is 471 g/mol. The lowest BCUT2D eigenvalue weighted by Gasteiger charge is -2.04. The summed E-state index contributed by atoms with van der Waals surface area (Å²) in [4.78, 5) is 3.58. The van der Waals surface area contributed by atoms with E-state index in [1.54, 1.807) is 0 Å². The Labute approximate surface area is 192 Å². The van der Waals surface area contributed by atoms with Crippen molar-refractivity contribution in [2.24, 2.45) is 0 Å². The third-order valence-electron chi connectivity index (χ3n) is 6.44. The van der Waals surface area contributed by atoms with Gasteiger partial charge in [0.1, 0.15) is 0 Å². The predicted octanol–water partition coefficient (Wildman–Crippen LogP) is 10.1. The number of aromatic amines is 1. The number of aryl methyl sites for hydroxylation is 1. The van der Waals surface area contributed by atoms with Gasteiger partial charge in [-0.05, 0) is 42.7 Å². The zero-order valence-corrected chi connectivity index (χ0v) is 20.5. The fraction of sp³-hybridized carbons (Fsp3) is 0.571. The minimum Gasteiger partial charge on any atom is -0.355 e. The predicted molar refractivity (Wildman–Crippen MR) is 138 cm³/mol. The summed E-state index contributed by atoms with van der Waals surface area (Å²) in [7, 11) is 0. The lowest BCUT2D eigenvalue weighted by atomic mass is 10.0. The van der Waals surface area contributed by atoms with Crippen LogP contribution in [-0.4, -0.2) is 4.98 Å². The first-order valence-corrected chi connectivity index (χ1v) is 13.3. The van der Waals surface area contributed by atoms with Gasteiger partial charge in [-0.25, -0.2) is 0 Å². The van der Waals surface area contributed by atoms with E-state index in [1.165, 1.54) is 124 Å². The van der Waals surface area contributed by atoms with E-state index in [2.05, 4.69) is 64.2 Å². The van der Waals surface area contributed by atoms with E-state index in [4.69, 9.17) is 0 Å². The summed E-state index contributed by atoms with van der Waals surface area (Å²) in [6, 6.07) is 13.4. The Morgan fingerprint density at radius 2 is 1.20 bits per heavy atom. The molecule has 0 saturated heterocycles. The van der Waals surface area contributed by atoms with Gasteiger partial charge < -0.3 is 4.98 Å². The van der Waals surface area contributed by atoms with Crippen LogP contribution in [0.3, 0.4) is 0 Å². The minimum absolute atomic E-state index is 1.14. The Morgan fingerprint density at radius 1 is 0.600 bits per heavy atom. The zero-order valence-electron chi connectivity index (χ0n) is 18.9. The number of nitrogens with one attached hydrogen (secondary N) is 1. The van der Waals surface area contributed by atoms with Gasteiger partial charge >= 0.3 is 0 Å². The highest BCUT2D eigenvalue weighted by molar-refractivity contribution is 9.10. The highest BCUT2D eigenvalue weighted by Crippen LogP contribution is 2.29. The van der Waals surface area contributed by atoms with Gasteiger partial charge in [-0.15, -0.1) is 0 Å². The molecule has 0 aliphatic rings. The third kappa shape index (κ3) is 7.45. The molecule has 0 amide bonds. The standard InChI is InChI=1S/C28H40BrN/c1-2-3-4-5-6-7-8-9-10-11-12-13-14-15-16-23-17-19-25-26-22-24(29)18-20-27(26)30-28(25)21-23/h17-22,30H,2-16H2,1H3. The molecule has 0 aliphatic carbocycles. The maximum absolute atomic E-state index is 3.59. The lowest BCUT2D eigenvalue weighted by molar-refractivity contribution is 0.535. The van der Waals surface area contributed by atoms with E-state index < -0.39 is 0 Å². The molecule has 3 rings (SSSR count). The number of halogens is 1. The van der Waals surface area contributed by atoms with Crippen LogP contribution in [0.4, 0.5) is 0 Å². The Hall–Kier alpha value is -1.28. The second-order valence-corrected chi connectivity index (χ2v) is 9.96. The van der Waals surface area contributed by atoms with Crippen molar-refractivity contribution in [2.75, 3.05) is 0 Å².